The van der Waals surface area contributed by atoms with Crippen molar-refractivity contribution >= 4 is 22.2 Å². The first kappa shape index (κ1) is 18.6. The second-order valence-corrected chi connectivity index (χ2v) is 7.86. The molecule has 1 fully saturated rings. The third kappa shape index (κ3) is 4.88. The summed E-state index contributed by atoms with van der Waals surface area (Å²) in [5.41, 5.74) is 0.862. The zero-order chi connectivity index (χ0) is 17.6. The number of carbonyl (C=O) groups is 1. The summed E-state index contributed by atoms with van der Waals surface area (Å²) < 4.78 is 26.8. The van der Waals surface area contributed by atoms with Gasteiger partial charge < -0.3 is 4.90 Å². The van der Waals surface area contributed by atoms with Crippen LogP contribution in [0.5, 0.6) is 0 Å². The molecule has 1 heterocycles. The number of hydrogen-bond acceptors (Lipinski definition) is 4. The van der Waals surface area contributed by atoms with Crippen molar-refractivity contribution in [1.82, 2.24) is 9.62 Å². The molecule has 2 rings (SSSR count). The highest BCUT2D eigenvalue weighted by Gasteiger charge is 2.35. The Morgan fingerprint density at radius 2 is 2.08 bits per heavy atom. The van der Waals surface area contributed by atoms with Gasteiger partial charge in [0.05, 0.1) is 11.8 Å². The minimum Gasteiger partial charge on any atom is -0.331 e. The van der Waals surface area contributed by atoms with Crippen LogP contribution in [0.3, 0.4) is 0 Å². The Kier molecular flexibility index (Phi) is 6.51. The van der Waals surface area contributed by atoms with Crippen LogP contribution in [-0.4, -0.2) is 49.9 Å². The fourth-order valence-corrected chi connectivity index (χ4v) is 4.20. The summed E-state index contributed by atoms with van der Waals surface area (Å²) in [6.45, 7) is 2.23. The van der Waals surface area contributed by atoms with Crippen LogP contribution in [0.4, 0.5) is 0 Å². The number of likely N-dealkylation sites (tertiary alicyclic amines) is 1. The topological polar surface area (TPSA) is 83.6 Å². The second-order valence-electron chi connectivity index (χ2n) is 5.99. The van der Waals surface area contributed by atoms with Crippen LogP contribution in [-0.2, 0) is 26.0 Å². The van der Waals surface area contributed by atoms with Gasteiger partial charge in [0.1, 0.15) is 6.04 Å². The van der Waals surface area contributed by atoms with E-state index in [0.29, 0.717) is 19.4 Å². The molecule has 1 aliphatic rings. The van der Waals surface area contributed by atoms with Crippen LogP contribution >= 0.6 is 0 Å². The molecule has 1 amide bonds. The lowest BCUT2D eigenvalue weighted by atomic mass is 10.1. The summed E-state index contributed by atoms with van der Waals surface area (Å²) >= 11 is 0. The van der Waals surface area contributed by atoms with Gasteiger partial charge in [0.2, 0.25) is 22.2 Å². The second kappa shape index (κ2) is 8.39. The Morgan fingerprint density at radius 1 is 1.38 bits per heavy atom. The van der Waals surface area contributed by atoms with E-state index in [1.807, 2.05) is 36.6 Å². The molecule has 1 aliphatic heterocycles. The van der Waals surface area contributed by atoms with Gasteiger partial charge in [-0.05, 0) is 31.2 Å². The highest BCUT2D eigenvalue weighted by Crippen LogP contribution is 2.18. The molecule has 1 saturated heterocycles. The standard InChI is InChI=1S/C17H23N2O4S/c1-2-11-24(22,23)18-16(12-14-7-4-3-5-8-14)17(21)19-10-6-9-15(19)13-20/h3-5,7-8,15-16,18H,2,6,9-12H2,1H3/t15-,16+/m0/s1. The van der Waals surface area contributed by atoms with E-state index in [0.717, 1.165) is 12.0 Å². The minimum atomic E-state index is -3.55. The van der Waals surface area contributed by atoms with Crippen molar-refractivity contribution < 1.29 is 18.0 Å². The van der Waals surface area contributed by atoms with Crippen LogP contribution in [0, 0.1) is 0 Å². The molecular weight excluding hydrogens is 328 g/mol. The number of nitrogens with zero attached hydrogens (tertiary/aromatic N) is 1. The maximum atomic E-state index is 12.8. The lowest BCUT2D eigenvalue weighted by Crippen LogP contribution is -2.51. The van der Waals surface area contributed by atoms with E-state index in [9.17, 15) is 18.0 Å². The molecule has 1 N–H and O–H groups in total. The molecule has 131 valence electrons. The van der Waals surface area contributed by atoms with Gasteiger partial charge in [-0.1, -0.05) is 37.3 Å². The summed E-state index contributed by atoms with van der Waals surface area (Å²) in [7, 11) is -3.55. The smallest absolute Gasteiger partial charge is 0.241 e. The molecule has 0 unspecified atom stereocenters. The lowest BCUT2D eigenvalue weighted by molar-refractivity contribution is -0.132. The van der Waals surface area contributed by atoms with Crippen LogP contribution in [0.25, 0.3) is 0 Å². The molecule has 0 aliphatic carbocycles. The molecule has 2 atom stereocenters. The van der Waals surface area contributed by atoms with Gasteiger partial charge in [-0.15, -0.1) is 0 Å². The summed E-state index contributed by atoms with van der Waals surface area (Å²) in [4.78, 5) is 25.3. The molecule has 24 heavy (non-hydrogen) atoms. The Labute approximate surface area is 143 Å². The van der Waals surface area contributed by atoms with E-state index in [1.54, 1.807) is 6.92 Å². The number of hydrogen-bond donors (Lipinski definition) is 1. The van der Waals surface area contributed by atoms with E-state index in [-0.39, 0.29) is 18.1 Å². The molecule has 1 aromatic rings. The maximum Gasteiger partial charge on any atom is 0.241 e. The van der Waals surface area contributed by atoms with E-state index in [2.05, 4.69) is 4.72 Å². The number of benzene rings is 1. The van der Waals surface area contributed by atoms with Gasteiger partial charge in [-0.25, -0.2) is 13.1 Å². The number of amides is 1. The molecule has 0 saturated carbocycles. The first-order valence-electron chi connectivity index (χ1n) is 8.19. The third-order valence-electron chi connectivity index (χ3n) is 4.05. The molecule has 7 heteroatoms. The minimum absolute atomic E-state index is 0.0329. The van der Waals surface area contributed by atoms with Gasteiger partial charge in [0, 0.05) is 6.54 Å². The largest absolute Gasteiger partial charge is 0.331 e. The Balaban J connectivity index is 2.21. The molecule has 1 aromatic carbocycles. The molecule has 0 aromatic heterocycles. The summed E-state index contributed by atoms with van der Waals surface area (Å²) in [6.07, 6.45) is 3.91. The number of carbonyl (C=O) groups excluding carboxylic acids is 2. The quantitative estimate of drug-likeness (QED) is 0.758. The third-order valence-corrected chi connectivity index (χ3v) is 5.64. The van der Waals surface area contributed by atoms with Crippen molar-refractivity contribution in [1.29, 1.82) is 0 Å². The fourth-order valence-electron chi connectivity index (χ4n) is 2.93. The molecule has 1 radical (unpaired) electrons. The Bertz CT molecular complexity index is 660. The van der Waals surface area contributed by atoms with Crippen molar-refractivity contribution in [3.63, 3.8) is 0 Å². The van der Waals surface area contributed by atoms with E-state index >= 15 is 0 Å². The van der Waals surface area contributed by atoms with E-state index in [4.69, 9.17) is 0 Å². The summed E-state index contributed by atoms with van der Waals surface area (Å²) in [5, 5.41) is 0. The maximum absolute atomic E-state index is 12.8. The van der Waals surface area contributed by atoms with Gasteiger partial charge in [-0.2, -0.15) is 0 Å². The van der Waals surface area contributed by atoms with E-state index in [1.165, 1.54) is 4.90 Å². The highest BCUT2D eigenvalue weighted by molar-refractivity contribution is 7.89. The van der Waals surface area contributed by atoms with Crippen LogP contribution < -0.4 is 4.72 Å². The normalized spacial score (nSPS) is 19.2. The van der Waals surface area contributed by atoms with Gasteiger partial charge in [0.25, 0.3) is 0 Å². The van der Waals surface area contributed by atoms with Gasteiger partial charge in [0.15, 0.2) is 0 Å². The van der Waals surface area contributed by atoms with Crippen molar-refractivity contribution in [3.05, 3.63) is 35.9 Å². The average molecular weight is 351 g/mol. The molecule has 0 spiro atoms. The van der Waals surface area contributed by atoms with Crippen molar-refractivity contribution in [2.75, 3.05) is 12.3 Å². The van der Waals surface area contributed by atoms with E-state index < -0.39 is 22.1 Å². The lowest BCUT2D eigenvalue weighted by Gasteiger charge is -2.26. The molecular formula is C17H23N2O4S. The monoisotopic (exact) mass is 351 g/mol. The SMILES string of the molecule is CCCS(=O)(=O)N[C@H](Cc1ccccc1)C(=O)N1CCC[C@H]1[C]=O. The first-order chi connectivity index (χ1) is 11.5. The average Bonchev–Trinajstić information content (AvgIpc) is 3.02. The van der Waals surface area contributed by atoms with Crippen LogP contribution in [0.2, 0.25) is 0 Å². The highest BCUT2D eigenvalue weighted by atomic mass is 32.2. The van der Waals surface area contributed by atoms with Gasteiger partial charge >= 0.3 is 0 Å². The van der Waals surface area contributed by atoms with Gasteiger partial charge in [-0.3, -0.25) is 9.59 Å². The van der Waals surface area contributed by atoms with Crippen LogP contribution in [0.1, 0.15) is 31.7 Å². The van der Waals surface area contributed by atoms with Crippen molar-refractivity contribution in [2.24, 2.45) is 0 Å². The Morgan fingerprint density at radius 3 is 2.71 bits per heavy atom. The fraction of sp³-hybridized carbons (Fsp3) is 0.529. The predicted molar refractivity (Wildman–Crippen MR) is 91.6 cm³/mol. The number of sulfonamides is 1. The molecule has 6 nitrogen and oxygen atoms in total. The zero-order valence-corrected chi connectivity index (χ0v) is 14.6. The molecule has 0 bridgehead atoms. The number of nitrogens with one attached hydrogen (secondary N) is 1. The Hall–Kier alpha value is -1.73. The van der Waals surface area contributed by atoms with Crippen molar-refractivity contribution in [2.45, 2.75) is 44.7 Å². The first-order valence-corrected chi connectivity index (χ1v) is 9.84. The number of rotatable bonds is 8. The summed E-state index contributed by atoms with van der Waals surface area (Å²) in [6, 6.07) is 7.76. The summed E-state index contributed by atoms with van der Waals surface area (Å²) in [5.74, 6) is -0.390. The van der Waals surface area contributed by atoms with Crippen molar-refractivity contribution in [3.8, 4) is 0 Å². The zero-order valence-electron chi connectivity index (χ0n) is 13.8. The predicted octanol–water partition coefficient (Wildman–Crippen LogP) is 1.03. The van der Waals surface area contributed by atoms with Crippen LogP contribution in [0.15, 0.2) is 30.3 Å².